The van der Waals surface area contributed by atoms with E-state index in [0.717, 1.165) is 29.7 Å². The Labute approximate surface area is 192 Å². The number of hydrogen-bond acceptors (Lipinski definition) is 5. The van der Waals surface area contributed by atoms with Crippen LogP contribution in [0.3, 0.4) is 0 Å². The molecule has 3 heterocycles. The van der Waals surface area contributed by atoms with Crippen LogP contribution in [0.5, 0.6) is 0 Å². The molecule has 0 spiro atoms. The van der Waals surface area contributed by atoms with Crippen LogP contribution >= 0.6 is 0 Å². The van der Waals surface area contributed by atoms with Crippen LogP contribution < -0.4 is 4.90 Å². The van der Waals surface area contributed by atoms with Crippen molar-refractivity contribution in [1.29, 1.82) is 5.26 Å². The molecule has 1 aliphatic carbocycles. The van der Waals surface area contributed by atoms with Gasteiger partial charge >= 0.3 is 6.18 Å². The van der Waals surface area contributed by atoms with Crippen molar-refractivity contribution in [3.63, 3.8) is 0 Å². The zero-order chi connectivity index (χ0) is 24.1. The minimum absolute atomic E-state index is 0.0385. The highest BCUT2D eigenvalue weighted by Gasteiger charge is 2.41. The molecule has 0 aromatic carbocycles. The first kappa shape index (κ1) is 23.8. The van der Waals surface area contributed by atoms with Crippen molar-refractivity contribution in [1.82, 2.24) is 9.88 Å². The highest BCUT2D eigenvalue weighted by Crippen LogP contribution is 2.46. The fourth-order valence-electron chi connectivity index (χ4n) is 4.97. The van der Waals surface area contributed by atoms with Crippen LogP contribution in [0.15, 0.2) is 0 Å². The van der Waals surface area contributed by atoms with E-state index >= 15 is 0 Å². The van der Waals surface area contributed by atoms with Gasteiger partial charge in [-0.3, -0.25) is 4.79 Å². The topological polar surface area (TPSA) is 69.5 Å². The second-order valence-corrected chi connectivity index (χ2v) is 10.4. The normalized spacial score (nSPS) is 22.8. The number of amides is 1. The Hall–Kier alpha value is -2.34. The summed E-state index contributed by atoms with van der Waals surface area (Å²) in [5.74, 6) is 0.0377. The molecule has 1 atom stereocenters. The lowest BCUT2D eigenvalue weighted by atomic mass is 9.87. The minimum Gasteiger partial charge on any atom is -0.370 e. The maximum absolute atomic E-state index is 12.9. The number of carbonyl (C=O) groups is 1. The number of fused-ring (bicyclic) bond motifs is 1. The van der Waals surface area contributed by atoms with E-state index in [0.29, 0.717) is 43.4 Å². The standard InChI is InChI=1S/C24H31F3N4O2/c1-14(2)19-12-30(7-8-31(19)20(32)10-24(25,26)27)22-17(11-28)16-9-23(3,4)33-13-18(16)21(29-22)15-5-6-15/h14-15,19H,5-10,12-13H2,1-4H3. The fourth-order valence-corrected chi connectivity index (χ4v) is 4.97. The molecule has 1 aromatic heterocycles. The van der Waals surface area contributed by atoms with Gasteiger partial charge in [-0.15, -0.1) is 0 Å². The molecule has 1 unspecified atom stereocenters. The molecule has 0 radical (unpaired) electrons. The monoisotopic (exact) mass is 464 g/mol. The Bertz CT molecular complexity index is 979. The van der Waals surface area contributed by atoms with Gasteiger partial charge in [-0.25, -0.2) is 4.98 Å². The molecule has 4 rings (SSSR count). The molecule has 3 aliphatic rings. The molecule has 33 heavy (non-hydrogen) atoms. The van der Waals surface area contributed by atoms with Gasteiger partial charge in [0.15, 0.2) is 0 Å². The Morgan fingerprint density at radius 2 is 1.97 bits per heavy atom. The van der Waals surface area contributed by atoms with Gasteiger partial charge in [-0.1, -0.05) is 13.8 Å². The maximum atomic E-state index is 12.9. The number of anilines is 1. The molecular formula is C24H31F3N4O2. The highest BCUT2D eigenvalue weighted by molar-refractivity contribution is 5.77. The molecule has 0 N–H and O–H groups in total. The number of hydrogen-bond donors (Lipinski definition) is 0. The summed E-state index contributed by atoms with van der Waals surface area (Å²) < 4.78 is 44.6. The van der Waals surface area contributed by atoms with Crippen LogP contribution in [0.25, 0.3) is 0 Å². The summed E-state index contributed by atoms with van der Waals surface area (Å²) >= 11 is 0. The van der Waals surface area contributed by atoms with Crippen molar-refractivity contribution < 1.29 is 22.7 Å². The van der Waals surface area contributed by atoms with E-state index < -0.39 is 18.5 Å². The average molecular weight is 465 g/mol. The van der Waals surface area contributed by atoms with Gasteiger partial charge in [0.05, 0.1) is 29.5 Å². The lowest BCUT2D eigenvalue weighted by molar-refractivity contribution is -0.164. The van der Waals surface area contributed by atoms with Crippen molar-refractivity contribution in [2.75, 3.05) is 24.5 Å². The van der Waals surface area contributed by atoms with E-state index in [1.165, 1.54) is 4.90 Å². The third-order valence-electron chi connectivity index (χ3n) is 6.87. The van der Waals surface area contributed by atoms with Gasteiger partial charge in [0, 0.05) is 37.5 Å². The summed E-state index contributed by atoms with van der Waals surface area (Å²) in [6.07, 6.45) is -3.25. The number of rotatable bonds is 4. The summed E-state index contributed by atoms with van der Waals surface area (Å²) in [4.78, 5) is 20.7. The van der Waals surface area contributed by atoms with E-state index in [9.17, 15) is 23.2 Å². The smallest absolute Gasteiger partial charge is 0.370 e. The predicted molar refractivity (Wildman–Crippen MR) is 117 cm³/mol. The van der Waals surface area contributed by atoms with Crippen LogP contribution in [0, 0.1) is 17.2 Å². The molecule has 1 saturated carbocycles. The summed E-state index contributed by atoms with van der Waals surface area (Å²) in [5.41, 5.74) is 3.14. The number of halogens is 3. The largest absolute Gasteiger partial charge is 0.397 e. The zero-order valence-electron chi connectivity index (χ0n) is 19.6. The van der Waals surface area contributed by atoms with Crippen LogP contribution in [0.4, 0.5) is 19.0 Å². The molecule has 0 bridgehead atoms. The minimum atomic E-state index is -4.53. The Morgan fingerprint density at radius 1 is 1.27 bits per heavy atom. The number of nitriles is 1. The van der Waals surface area contributed by atoms with Gasteiger partial charge in [-0.2, -0.15) is 18.4 Å². The summed E-state index contributed by atoms with van der Waals surface area (Å²) in [5, 5.41) is 10.1. The number of ether oxygens (including phenoxy) is 1. The van der Waals surface area contributed by atoms with Crippen LogP contribution in [0.2, 0.25) is 0 Å². The van der Waals surface area contributed by atoms with Crippen molar-refractivity contribution in [3.05, 3.63) is 22.4 Å². The molecule has 2 fully saturated rings. The third-order valence-corrected chi connectivity index (χ3v) is 6.87. The number of aromatic nitrogens is 1. The van der Waals surface area contributed by atoms with E-state index in [4.69, 9.17) is 9.72 Å². The second-order valence-electron chi connectivity index (χ2n) is 10.4. The van der Waals surface area contributed by atoms with E-state index in [-0.39, 0.29) is 24.1 Å². The molecule has 1 saturated heterocycles. The van der Waals surface area contributed by atoms with Gasteiger partial charge in [-0.05, 0) is 38.2 Å². The lowest BCUT2D eigenvalue weighted by Crippen LogP contribution is -2.58. The maximum Gasteiger partial charge on any atom is 0.397 e. The van der Waals surface area contributed by atoms with Crippen LogP contribution in [0.1, 0.15) is 75.3 Å². The van der Waals surface area contributed by atoms with Gasteiger partial charge in [0.2, 0.25) is 5.91 Å². The third kappa shape index (κ3) is 4.96. The van der Waals surface area contributed by atoms with Crippen LogP contribution in [-0.4, -0.2) is 53.2 Å². The number of pyridine rings is 1. The van der Waals surface area contributed by atoms with E-state index in [1.807, 2.05) is 32.6 Å². The molecule has 6 nitrogen and oxygen atoms in total. The zero-order valence-corrected chi connectivity index (χ0v) is 19.6. The molecular weight excluding hydrogens is 433 g/mol. The van der Waals surface area contributed by atoms with Gasteiger partial charge in [0.1, 0.15) is 18.3 Å². The SMILES string of the molecule is CC(C)C1CN(c2nc(C3CC3)c3c(c2C#N)CC(C)(C)OC3)CCN1C(=O)CC(F)(F)F. The first-order valence-electron chi connectivity index (χ1n) is 11.6. The average Bonchev–Trinajstić information content (AvgIpc) is 3.55. The molecule has 9 heteroatoms. The summed E-state index contributed by atoms with van der Waals surface area (Å²) in [6, 6.07) is 1.98. The quantitative estimate of drug-likeness (QED) is 0.664. The number of alkyl halides is 3. The Morgan fingerprint density at radius 3 is 2.55 bits per heavy atom. The molecule has 2 aliphatic heterocycles. The Balaban J connectivity index is 1.69. The summed E-state index contributed by atoms with van der Waals surface area (Å²) in [7, 11) is 0. The fraction of sp³-hybridized carbons (Fsp3) is 0.708. The Kier molecular flexibility index (Phi) is 6.10. The summed E-state index contributed by atoms with van der Waals surface area (Å²) in [6.45, 7) is 9.13. The van der Waals surface area contributed by atoms with Crippen molar-refractivity contribution in [2.24, 2.45) is 5.92 Å². The van der Waals surface area contributed by atoms with Crippen molar-refractivity contribution in [3.8, 4) is 6.07 Å². The number of piperazine rings is 1. The number of nitrogens with zero attached hydrogens (tertiary/aromatic N) is 4. The molecule has 1 aromatic rings. The first-order chi connectivity index (χ1) is 15.4. The first-order valence-corrected chi connectivity index (χ1v) is 11.6. The van der Waals surface area contributed by atoms with Crippen LogP contribution in [-0.2, 0) is 22.6 Å². The number of carbonyl (C=O) groups excluding carboxylic acids is 1. The predicted octanol–water partition coefficient (Wildman–Crippen LogP) is 4.31. The second kappa shape index (κ2) is 8.46. The molecule has 1 amide bonds. The highest BCUT2D eigenvalue weighted by atomic mass is 19.4. The van der Waals surface area contributed by atoms with Gasteiger partial charge in [0.25, 0.3) is 0 Å². The van der Waals surface area contributed by atoms with Crippen molar-refractivity contribution in [2.45, 2.75) is 83.7 Å². The van der Waals surface area contributed by atoms with E-state index in [1.54, 1.807) is 0 Å². The van der Waals surface area contributed by atoms with Gasteiger partial charge < -0.3 is 14.5 Å². The lowest BCUT2D eigenvalue weighted by Gasteiger charge is -2.44. The van der Waals surface area contributed by atoms with Crippen molar-refractivity contribution >= 4 is 11.7 Å². The van der Waals surface area contributed by atoms with E-state index in [2.05, 4.69) is 6.07 Å². The molecule has 180 valence electrons.